The average molecular weight is 224 g/mol. The van der Waals surface area contributed by atoms with E-state index in [4.69, 9.17) is 0 Å². The Morgan fingerprint density at radius 2 is 1.41 bits per heavy atom. The van der Waals surface area contributed by atoms with Gasteiger partial charge in [-0.2, -0.15) is 0 Å². The highest BCUT2D eigenvalue weighted by molar-refractivity contribution is 5.65. The Hall–Kier alpha value is -1.56. The maximum absolute atomic E-state index is 2.32. The van der Waals surface area contributed by atoms with E-state index in [-0.39, 0.29) is 5.41 Å². The minimum absolute atomic E-state index is 0.203. The van der Waals surface area contributed by atoms with Crippen molar-refractivity contribution < 1.29 is 0 Å². The number of benzene rings is 2. The Labute approximate surface area is 104 Å². The summed E-state index contributed by atoms with van der Waals surface area (Å²) < 4.78 is 0. The lowest BCUT2D eigenvalue weighted by Gasteiger charge is -2.22. The van der Waals surface area contributed by atoms with Crippen LogP contribution in [0, 0.1) is 6.92 Å². The van der Waals surface area contributed by atoms with E-state index in [9.17, 15) is 0 Å². The second-order valence-electron chi connectivity index (χ2n) is 5.65. The van der Waals surface area contributed by atoms with Crippen molar-refractivity contribution in [1.29, 1.82) is 0 Å². The van der Waals surface area contributed by atoms with E-state index in [1.54, 1.807) is 0 Å². The van der Waals surface area contributed by atoms with E-state index in [0.717, 1.165) is 0 Å². The molecular formula is C17H20. The molecular weight excluding hydrogens is 204 g/mol. The SMILES string of the molecule is Cc1ccc(-c2ccccc2)cc1C(C)(C)C. The molecule has 0 spiro atoms. The van der Waals surface area contributed by atoms with Crippen molar-refractivity contribution in [3.8, 4) is 11.1 Å². The second-order valence-corrected chi connectivity index (χ2v) is 5.65. The molecule has 0 heteroatoms. The van der Waals surface area contributed by atoms with Crippen LogP contribution in [0.3, 0.4) is 0 Å². The highest BCUT2D eigenvalue weighted by Crippen LogP contribution is 2.30. The van der Waals surface area contributed by atoms with Gasteiger partial charge in [0.1, 0.15) is 0 Å². The van der Waals surface area contributed by atoms with Gasteiger partial charge in [0, 0.05) is 0 Å². The van der Waals surface area contributed by atoms with E-state index in [0.29, 0.717) is 0 Å². The molecule has 88 valence electrons. The number of aryl methyl sites for hydroxylation is 1. The molecule has 0 saturated heterocycles. The summed E-state index contributed by atoms with van der Waals surface area (Å²) >= 11 is 0. The van der Waals surface area contributed by atoms with E-state index < -0.39 is 0 Å². The highest BCUT2D eigenvalue weighted by Gasteiger charge is 2.16. The minimum atomic E-state index is 0.203. The molecule has 0 bridgehead atoms. The lowest BCUT2D eigenvalue weighted by atomic mass is 9.82. The summed E-state index contributed by atoms with van der Waals surface area (Å²) in [4.78, 5) is 0. The van der Waals surface area contributed by atoms with E-state index in [2.05, 4.69) is 76.2 Å². The van der Waals surface area contributed by atoms with Crippen molar-refractivity contribution in [2.24, 2.45) is 0 Å². The molecule has 0 aliphatic carbocycles. The first-order valence-corrected chi connectivity index (χ1v) is 6.15. The maximum atomic E-state index is 2.32. The third kappa shape index (κ3) is 2.58. The Morgan fingerprint density at radius 3 is 2.00 bits per heavy atom. The van der Waals surface area contributed by atoms with Crippen molar-refractivity contribution in [2.75, 3.05) is 0 Å². The van der Waals surface area contributed by atoms with Crippen molar-refractivity contribution in [1.82, 2.24) is 0 Å². The first-order valence-electron chi connectivity index (χ1n) is 6.15. The zero-order chi connectivity index (χ0) is 12.5. The summed E-state index contributed by atoms with van der Waals surface area (Å²) in [6.45, 7) is 8.99. The summed E-state index contributed by atoms with van der Waals surface area (Å²) in [5.41, 5.74) is 5.60. The summed E-state index contributed by atoms with van der Waals surface area (Å²) in [7, 11) is 0. The topological polar surface area (TPSA) is 0 Å². The molecule has 0 aromatic heterocycles. The van der Waals surface area contributed by atoms with Gasteiger partial charge in [-0.15, -0.1) is 0 Å². The summed E-state index contributed by atoms with van der Waals surface area (Å²) in [5.74, 6) is 0. The smallest absolute Gasteiger partial charge is 0.0129 e. The zero-order valence-corrected chi connectivity index (χ0v) is 11.1. The molecule has 2 rings (SSSR count). The maximum Gasteiger partial charge on any atom is -0.0129 e. The monoisotopic (exact) mass is 224 g/mol. The molecule has 0 N–H and O–H groups in total. The minimum Gasteiger partial charge on any atom is -0.0622 e. The van der Waals surface area contributed by atoms with E-state index in [1.807, 2.05) is 0 Å². The molecule has 0 unspecified atom stereocenters. The fourth-order valence-electron chi connectivity index (χ4n) is 2.24. The van der Waals surface area contributed by atoms with Crippen LogP contribution < -0.4 is 0 Å². The predicted molar refractivity (Wildman–Crippen MR) is 75.3 cm³/mol. The Kier molecular flexibility index (Phi) is 3.06. The van der Waals surface area contributed by atoms with E-state index >= 15 is 0 Å². The van der Waals surface area contributed by atoms with Crippen LogP contribution in [0.4, 0.5) is 0 Å². The highest BCUT2D eigenvalue weighted by atomic mass is 14.2. The molecule has 0 saturated carbocycles. The normalized spacial score (nSPS) is 11.5. The fraction of sp³-hybridized carbons (Fsp3) is 0.294. The zero-order valence-electron chi connectivity index (χ0n) is 11.1. The van der Waals surface area contributed by atoms with Crippen LogP contribution >= 0.6 is 0 Å². The van der Waals surface area contributed by atoms with Crippen LogP contribution in [0.5, 0.6) is 0 Å². The number of hydrogen-bond acceptors (Lipinski definition) is 0. The van der Waals surface area contributed by atoms with Gasteiger partial charge in [-0.05, 0) is 34.6 Å². The average Bonchev–Trinajstić information content (AvgIpc) is 2.29. The van der Waals surface area contributed by atoms with Crippen LogP contribution in [0.2, 0.25) is 0 Å². The molecule has 0 heterocycles. The van der Waals surface area contributed by atoms with Gasteiger partial charge in [0.2, 0.25) is 0 Å². The van der Waals surface area contributed by atoms with Crippen molar-refractivity contribution in [2.45, 2.75) is 33.1 Å². The van der Waals surface area contributed by atoms with Crippen LogP contribution in [-0.2, 0) is 5.41 Å². The lowest BCUT2D eigenvalue weighted by Crippen LogP contribution is -2.13. The molecule has 0 fully saturated rings. The first kappa shape index (κ1) is 11.9. The fourth-order valence-corrected chi connectivity index (χ4v) is 2.24. The van der Waals surface area contributed by atoms with E-state index in [1.165, 1.54) is 22.3 Å². The predicted octanol–water partition coefficient (Wildman–Crippen LogP) is 4.96. The number of rotatable bonds is 1. The van der Waals surface area contributed by atoms with Crippen molar-refractivity contribution in [3.05, 3.63) is 59.7 Å². The van der Waals surface area contributed by atoms with Gasteiger partial charge in [-0.3, -0.25) is 0 Å². The number of hydrogen-bond donors (Lipinski definition) is 0. The summed E-state index contributed by atoms with van der Waals surface area (Å²) in [6.07, 6.45) is 0. The molecule has 0 radical (unpaired) electrons. The largest absolute Gasteiger partial charge is 0.0622 e. The molecule has 2 aromatic carbocycles. The standard InChI is InChI=1S/C17H20/c1-13-10-11-15(12-16(13)17(2,3)4)14-8-6-5-7-9-14/h5-12H,1-4H3. The van der Waals surface area contributed by atoms with Gasteiger partial charge in [-0.25, -0.2) is 0 Å². The van der Waals surface area contributed by atoms with Crippen LogP contribution in [-0.4, -0.2) is 0 Å². The Bertz CT molecular complexity index is 501. The first-order chi connectivity index (χ1) is 7.98. The Balaban J connectivity index is 2.53. The second kappa shape index (κ2) is 4.37. The Morgan fingerprint density at radius 1 is 0.765 bits per heavy atom. The molecule has 0 atom stereocenters. The lowest BCUT2D eigenvalue weighted by molar-refractivity contribution is 0.586. The summed E-state index contributed by atoms with van der Waals surface area (Å²) in [6, 6.07) is 17.3. The van der Waals surface area contributed by atoms with Crippen LogP contribution in [0.15, 0.2) is 48.5 Å². The van der Waals surface area contributed by atoms with Crippen molar-refractivity contribution >= 4 is 0 Å². The van der Waals surface area contributed by atoms with Gasteiger partial charge in [0.05, 0.1) is 0 Å². The molecule has 0 nitrogen and oxygen atoms in total. The quantitative estimate of drug-likeness (QED) is 0.642. The van der Waals surface area contributed by atoms with Gasteiger partial charge in [-0.1, -0.05) is 69.3 Å². The van der Waals surface area contributed by atoms with Crippen LogP contribution in [0.1, 0.15) is 31.9 Å². The molecule has 2 aromatic rings. The molecule has 0 aliphatic heterocycles. The van der Waals surface area contributed by atoms with Gasteiger partial charge >= 0.3 is 0 Å². The molecule has 0 amide bonds. The van der Waals surface area contributed by atoms with Gasteiger partial charge in [0.15, 0.2) is 0 Å². The van der Waals surface area contributed by atoms with Crippen LogP contribution in [0.25, 0.3) is 11.1 Å². The van der Waals surface area contributed by atoms with Gasteiger partial charge in [0.25, 0.3) is 0 Å². The summed E-state index contributed by atoms with van der Waals surface area (Å²) in [5, 5.41) is 0. The van der Waals surface area contributed by atoms with Crippen molar-refractivity contribution in [3.63, 3.8) is 0 Å². The molecule has 0 aliphatic rings. The third-order valence-corrected chi connectivity index (χ3v) is 3.15. The third-order valence-electron chi connectivity index (χ3n) is 3.15. The van der Waals surface area contributed by atoms with Gasteiger partial charge < -0.3 is 0 Å². The molecule has 17 heavy (non-hydrogen) atoms.